The number of hydrogen-bond donors (Lipinski definition) is 1. The third-order valence-electron chi connectivity index (χ3n) is 3.46. The van der Waals surface area contributed by atoms with Crippen molar-refractivity contribution in [3.63, 3.8) is 0 Å². The van der Waals surface area contributed by atoms with E-state index in [-0.39, 0.29) is 11.6 Å². The molecule has 2 N–H and O–H groups in total. The van der Waals surface area contributed by atoms with Crippen LogP contribution in [-0.2, 0) is 0 Å². The van der Waals surface area contributed by atoms with E-state index in [1.54, 1.807) is 24.3 Å². The van der Waals surface area contributed by atoms with Crippen LogP contribution in [-0.4, -0.2) is 10.1 Å². The van der Waals surface area contributed by atoms with E-state index in [2.05, 4.69) is 10.1 Å². The van der Waals surface area contributed by atoms with Crippen molar-refractivity contribution in [1.82, 2.24) is 10.1 Å². The fraction of sp³-hybridized carbons (Fsp3) is 0.125. The topological polar surface area (TPSA) is 64.9 Å². The summed E-state index contributed by atoms with van der Waals surface area (Å²) < 4.78 is 19.0. The van der Waals surface area contributed by atoms with E-state index in [0.29, 0.717) is 17.1 Å². The molecule has 0 atom stereocenters. The van der Waals surface area contributed by atoms with Crippen molar-refractivity contribution in [1.29, 1.82) is 0 Å². The lowest BCUT2D eigenvalue weighted by Crippen LogP contribution is -1.93. The average Bonchev–Trinajstić information content (AvgIpc) is 2.92. The van der Waals surface area contributed by atoms with Gasteiger partial charge in [-0.25, -0.2) is 4.39 Å². The first-order valence-electron chi connectivity index (χ1n) is 6.52. The molecule has 2 aromatic carbocycles. The minimum absolute atomic E-state index is 0.225. The maximum Gasteiger partial charge on any atom is 0.258 e. The van der Waals surface area contributed by atoms with Crippen LogP contribution in [0.15, 0.2) is 40.9 Å². The van der Waals surface area contributed by atoms with E-state index in [1.807, 2.05) is 19.9 Å². The highest BCUT2D eigenvalue weighted by molar-refractivity contribution is 5.68. The molecule has 0 radical (unpaired) electrons. The molecule has 0 unspecified atom stereocenters. The van der Waals surface area contributed by atoms with Gasteiger partial charge in [0.25, 0.3) is 5.89 Å². The molecule has 0 saturated carbocycles. The van der Waals surface area contributed by atoms with Crippen LogP contribution in [0.25, 0.3) is 22.8 Å². The summed E-state index contributed by atoms with van der Waals surface area (Å²) in [7, 11) is 0. The van der Waals surface area contributed by atoms with Gasteiger partial charge >= 0.3 is 0 Å². The van der Waals surface area contributed by atoms with Crippen molar-refractivity contribution in [3.8, 4) is 22.8 Å². The molecule has 1 aromatic heterocycles. The summed E-state index contributed by atoms with van der Waals surface area (Å²) in [6, 6.07) is 9.98. The zero-order valence-corrected chi connectivity index (χ0v) is 11.7. The van der Waals surface area contributed by atoms with Crippen molar-refractivity contribution in [3.05, 3.63) is 53.3 Å². The molecule has 0 aliphatic heterocycles. The fourth-order valence-corrected chi connectivity index (χ4v) is 2.19. The van der Waals surface area contributed by atoms with Crippen LogP contribution in [0.5, 0.6) is 0 Å². The number of aryl methyl sites for hydroxylation is 1. The SMILES string of the molecule is Cc1cc(N)cc(-c2nc(-c3ccccc3F)no2)c1C. The predicted octanol–water partition coefficient (Wildman–Crippen LogP) is 3.74. The predicted molar refractivity (Wildman–Crippen MR) is 79.0 cm³/mol. The molecule has 106 valence electrons. The largest absolute Gasteiger partial charge is 0.399 e. The number of nitrogen functional groups attached to an aromatic ring is 1. The highest BCUT2D eigenvalue weighted by Gasteiger charge is 2.16. The van der Waals surface area contributed by atoms with Crippen molar-refractivity contribution in [2.75, 3.05) is 5.73 Å². The van der Waals surface area contributed by atoms with Gasteiger partial charge in [0.2, 0.25) is 5.82 Å². The van der Waals surface area contributed by atoms with Gasteiger partial charge in [-0.3, -0.25) is 0 Å². The second kappa shape index (κ2) is 5.01. The van der Waals surface area contributed by atoms with Crippen molar-refractivity contribution in [2.24, 2.45) is 0 Å². The van der Waals surface area contributed by atoms with E-state index in [9.17, 15) is 4.39 Å². The Labute approximate surface area is 121 Å². The van der Waals surface area contributed by atoms with E-state index in [1.165, 1.54) is 6.07 Å². The maximum absolute atomic E-state index is 13.8. The lowest BCUT2D eigenvalue weighted by Gasteiger charge is -2.06. The Morgan fingerprint density at radius 3 is 2.62 bits per heavy atom. The van der Waals surface area contributed by atoms with E-state index in [0.717, 1.165) is 16.7 Å². The number of nitrogens with zero attached hydrogens (tertiary/aromatic N) is 2. The van der Waals surface area contributed by atoms with Gasteiger partial charge < -0.3 is 10.3 Å². The Morgan fingerprint density at radius 2 is 1.86 bits per heavy atom. The van der Waals surface area contributed by atoms with Gasteiger partial charge in [-0.1, -0.05) is 17.3 Å². The number of hydrogen-bond acceptors (Lipinski definition) is 4. The monoisotopic (exact) mass is 283 g/mol. The number of benzene rings is 2. The smallest absolute Gasteiger partial charge is 0.258 e. The molecule has 0 aliphatic rings. The summed E-state index contributed by atoms with van der Waals surface area (Å²) in [4.78, 5) is 4.28. The average molecular weight is 283 g/mol. The highest BCUT2D eigenvalue weighted by Crippen LogP contribution is 2.29. The molecule has 1 heterocycles. The standard InChI is InChI=1S/C16H14FN3O/c1-9-7-11(18)8-13(10(9)2)16-19-15(20-21-16)12-5-3-4-6-14(12)17/h3-8H,18H2,1-2H3. The molecule has 4 nitrogen and oxygen atoms in total. The summed E-state index contributed by atoms with van der Waals surface area (Å²) in [5.41, 5.74) is 9.60. The van der Waals surface area contributed by atoms with Gasteiger partial charge in [0.05, 0.1) is 5.56 Å². The van der Waals surface area contributed by atoms with Crippen LogP contribution in [0, 0.1) is 19.7 Å². The number of aromatic nitrogens is 2. The molecule has 0 spiro atoms. The lowest BCUT2D eigenvalue weighted by atomic mass is 10.0. The molecule has 0 amide bonds. The molecule has 3 aromatic rings. The maximum atomic E-state index is 13.8. The summed E-state index contributed by atoms with van der Waals surface area (Å²) in [5.74, 6) is 0.175. The minimum Gasteiger partial charge on any atom is -0.399 e. The summed E-state index contributed by atoms with van der Waals surface area (Å²) >= 11 is 0. The third kappa shape index (κ3) is 2.38. The number of halogens is 1. The fourth-order valence-electron chi connectivity index (χ4n) is 2.19. The van der Waals surface area contributed by atoms with Crippen LogP contribution >= 0.6 is 0 Å². The van der Waals surface area contributed by atoms with Crippen LogP contribution in [0.2, 0.25) is 0 Å². The second-order valence-electron chi connectivity index (χ2n) is 4.91. The quantitative estimate of drug-likeness (QED) is 0.727. The lowest BCUT2D eigenvalue weighted by molar-refractivity contribution is 0.431. The molecule has 0 bridgehead atoms. The number of nitrogens with two attached hydrogens (primary N) is 1. The Bertz CT molecular complexity index is 811. The summed E-state index contributed by atoms with van der Waals surface area (Å²) in [6.07, 6.45) is 0. The number of rotatable bonds is 2. The number of anilines is 1. The Morgan fingerprint density at radius 1 is 1.10 bits per heavy atom. The first-order chi connectivity index (χ1) is 10.1. The van der Waals surface area contributed by atoms with E-state index < -0.39 is 0 Å². The Balaban J connectivity index is 2.09. The first-order valence-corrected chi connectivity index (χ1v) is 6.52. The first kappa shape index (κ1) is 13.3. The molecule has 3 rings (SSSR count). The highest BCUT2D eigenvalue weighted by atomic mass is 19.1. The molecular weight excluding hydrogens is 269 g/mol. The van der Waals surface area contributed by atoms with Gasteiger partial charge in [0, 0.05) is 11.3 Å². The molecule has 0 aliphatic carbocycles. The summed E-state index contributed by atoms with van der Waals surface area (Å²) in [6.45, 7) is 3.92. The normalized spacial score (nSPS) is 10.8. The molecule has 0 fully saturated rings. The van der Waals surface area contributed by atoms with Gasteiger partial charge in [0.1, 0.15) is 5.82 Å². The van der Waals surface area contributed by atoms with Crippen molar-refractivity contribution >= 4 is 5.69 Å². The van der Waals surface area contributed by atoms with Crippen molar-refractivity contribution in [2.45, 2.75) is 13.8 Å². The Kier molecular flexibility index (Phi) is 3.17. The van der Waals surface area contributed by atoms with Crippen LogP contribution < -0.4 is 5.73 Å². The minimum atomic E-state index is -0.384. The van der Waals surface area contributed by atoms with Crippen molar-refractivity contribution < 1.29 is 8.91 Å². The van der Waals surface area contributed by atoms with Gasteiger partial charge in [-0.05, 0) is 49.2 Å². The van der Waals surface area contributed by atoms with Crippen LogP contribution in [0.3, 0.4) is 0 Å². The molecule has 5 heteroatoms. The second-order valence-corrected chi connectivity index (χ2v) is 4.91. The Hall–Kier alpha value is -2.69. The molecule has 21 heavy (non-hydrogen) atoms. The molecule has 0 saturated heterocycles. The third-order valence-corrected chi connectivity index (χ3v) is 3.46. The van der Waals surface area contributed by atoms with Crippen LogP contribution in [0.4, 0.5) is 10.1 Å². The van der Waals surface area contributed by atoms with E-state index in [4.69, 9.17) is 10.3 Å². The zero-order chi connectivity index (χ0) is 15.0. The van der Waals surface area contributed by atoms with E-state index >= 15 is 0 Å². The van der Waals surface area contributed by atoms with Gasteiger partial charge in [-0.15, -0.1) is 0 Å². The summed E-state index contributed by atoms with van der Waals surface area (Å²) in [5, 5.41) is 3.86. The van der Waals surface area contributed by atoms with Gasteiger partial charge in [-0.2, -0.15) is 4.98 Å². The van der Waals surface area contributed by atoms with Crippen LogP contribution in [0.1, 0.15) is 11.1 Å². The zero-order valence-electron chi connectivity index (χ0n) is 11.7. The molecular formula is C16H14FN3O. The van der Waals surface area contributed by atoms with Gasteiger partial charge in [0.15, 0.2) is 0 Å².